The molecule has 0 amide bonds. The minimum atomic E-state index is -0.777. The summed E-state index contributed by atoms with van der Waals surface area (Å²) >= 11 is 6.14. The highest BCUT2D eigenvalue weighted by atomic mass is 35.5. The van der Waals surface area contributed by atoms with E-state index in [4.69, 9.17) is 20.8 Å². The van der Waals surface area contributed by atoms with Gasteiger partial charge in [-0.2, -0.15) is 0 Å². The summed E-state index contributed by atoms with van der Waals surface area (Å²) < 4.78 is 11.7. The van der Waals surface area contributed by atoms with E-state index in [2.05, 4.69) is 5.32 Å². The highest BCUT2D eigenvalue weighted by molar-refractivity contribution is 6.31. The normalized spacial score (nSPS) is 23.7. The number of nitrogens with one attached hydrogen (secondary N) is 1. The number of allylic oxidation sites excluding steroid dienone is 3. The van der Waals surface area contributed by atoms with Crippen LogP contribution >= 0.6 is 11.6 Å². The lowest BCUT2D eigenvalue weighted by atomic mass is 9.71. The number of esters is 1. The van der Waals surface area contributed by atoms with Crippen LogP contribution in [0.25, 0.3) is 11.0 Å². The lowest BCUT2D eigenvalue weighted by Crippen LogP contribution is -2.42. The Labute approximate surface area is 196 Å². The zero-order valence-corrected chi connectivity index (χ0v) is 19.2. The molecule has 7 heteroatoms. The van der Waals surface area contributed by atoms with E-state index in [1.54, 1.807) is 25.1 Å². The standard InChI is InChI=1S/C26H26ClNO5/c1-14-22(26(31)33-16-6-3-2-4-7-16)23(24-19(28-14)8-5-9-20(24)29)18-13-32-21-11-10-15(27)12-17(21)25(18)30/h8,10-13,16,23-24,28H,2-7,9H2,1H3. The van der Waals surface area contributed by atoms with Crippen LogP contribution in [0.4, 0.5) is 0 Å². The number of benzene rings is 1. The average Bonchev–Trinajstić information content (AvgIpc) is 2.80. The van der Waals surface area contributed by atoms with Crippen LogP contribution in [0.2, 0.25) is 5.02 Å². The van der Waals surface area contributed by atoms with Gasteiger partial charge in [0.05, 0.1) is 23.1 Å². The third kappa shape index (κ3) is 4.01. The summed E-state index contributed by atoms with van der Waals surface area (Å²) in [6.45, 7) is 1.79. The number of ketones is 1. The second-order valence-electron chi connectivity index (χ2n) is 9.11. The third-order valence-electron chi connectivity index (χ3n) is 6.96. The number of ether oxygens (including phenoxy) is 1. The maximum Gasteiger partial charge on any atom is 0.336 e. The van der Waals surface area contributed by atoms with Crippen molar-refractivity contribution < 1.29 is 18.7 Å². The van der Waals surface area contributed by atoms with Crippen molar-refractivity contribution >= 4 is 34.3 Å². The quantitative estimate of drug-likeness (QED) is 0.628. The highest BCUT2D eigenvalue weighted by Gasteiger charge is 2.45. The molecule has 0 saturated heterocycles. The Morgan fingerprint density at radius 3 is 2.73 bits per heavy atom. The molecule has 2 aromatic rings. The van der Waals surface area contributed by atoms with E-state index < -0.39 is 17.8 Å². The van der Waals surface area contributed by atoms with Crippen LogP contribution in [0.3, 0.4) is 0 Å². The first-order chi connectivity index (χ1) is 15.9. The first kappa shape index (κ1) is 22.0. The molecule has 1 fully saturated rings. The van der Waals surface area contributed by atoms with Crippen molar-refractivity contribution in [3.05, 3.63) is 68.3 Å². The predicted molar refractivity (Wildman–Crippen MR) is 125 cm³/mol. The Balaban J connectivity index is 1.65. The van der Waals surface area contributed by atoms with E-state index >= 15 is 0 Å². The van der Waals surface area contributed by atoms with Gasteiger partial charge in [-0.25, -0.2) is 4.79 Å². The van der Waals surface area contributed by atoms with E-state index in [-0.39, 0.29) is 22.9 Å². The van der Waals surface area contributed by atoms with Gasteiger partial charge in [0.15, 0.2) is 5.43 Å². The summed E-state index contributed by atoms with van der Waals surface area (Å²) in [5.74, 6) is -1.91. The number of Topliss-reactive ketones (excluding diaryl/α,β-unsaturated/α-hetero) is 1. The van der Waals surface area contributed by atoms with Gasteiger partial charge in [-0.05, 0) is 57.2 Å². The van der Waals surface area contributed by atoms with E-state index in [0.29, 0.717) is 40.1 Å². The Hall–Kier alpha value is -2.86. The SMILES string of the molecule is CC1=C(C(=O)OC2CCCCC2)C(c2coc3ccc(Cl)cc3c2=O)C2C(=O)CCC=C2N1. The molecular formula is C26H26ClNO5. The number of carbonyl (C=O) groups is 2. The smallest absolute Gasteiger partial charge is 0.336 e. The van der Waals surface area contributed by atoms with Crippen molar-refractivity contribution in [1.82, 2.24) is 5.32 Å². The van der Waals surface area contributed by atoms with Gasteiger partial charge in [-0.15, -0.1) is 0 Å². The molecule has 1 aromatic heterocycles. The number of fused-ring (bicyclic) bond motifs is 2. The molecule has 3 aliphatic rings. The molecule has 2 aliphatic carbocycles. The second kappa shape index (κ2) is 8.82. The molecule has 0 radical (unpaired) electrons. The van der Waals surface area contributed by atoms with Gasteiger partial charge < -0.3 is 14.5 Å². The number of hydrogen-bond donors (Lipinski definition) is 1. The molecule has 33 heavy (non-hydrogen) atoms. The number of hydrogen-bond acceptors (Lipinski definition) is 6. The molecule has 1 N–H and O–H groups in total. The first-order valence-corrected chi connectivity index (χ1v) is 11.9. The van der Waals surface area contributed by atoms with E-state index in [1.807, 2.05) is 6.08 Å². The second-order valence-corrected chi connectivity index (χ2v) is 9.55. The molecular weight excluding hydrogens is 442 g/mol. The van der Waals surface area contributed by atoms with Crippen LogP contribution in [0, 0.1) is 5.92 Å². The largest absolute Gasteiger partial charge is 0.464 e. The molecule has 6 nitrogen and oxygen atoms in total. The fourth-order valence-electron chi connectivity index (χ4n) is 5.35. The van der Waals surface area contributed by atoms with Crippen molar-refractivity contribution in [2.75, 3.05) is 0 Å². The predicted octanol–water partition coefficient (Wildman–Crippen LogP) is 5.15. The minimum absolute atomic E-state index is 0.00828. The molecule has 2 unspecified atom stereocenters. The minimum Gasteiger partial charge on any atom is -0.464 e. The lowest BCUT2D eigenvalue weighted by Gasteiger charge is -2.38. The summed E-state index contributed by atoms with van der Waals surface area (Å²) in [6, 6.07) is 4.85. The fraction of sp³-hybridized carbons (Fsp3) is 0.423. The molecule has 0 spiro atoms. The Morgan fingerprint density at radius 1 is 1.15 bits per heavy atom. The van der Waals surface area contributed by atoms with Crippen molar-refractivity contribution in [3.63, 3.8) is 0 Å². The van der Waals surface area contributed by atoms with Crippen molar-refractivity contribution in [3.8, 4) is 0 Å². The Morgan fingerprint density at radius 2 is 1.94 bits per heavy atom. The molecule has 1 aromatic carbocycles. The zero-order valence-electron chi connectivity index (χ0n) is 18.5. The van der Waals surface area contributed by atoms with Crippen LogP contribution in [0.1, 0.15) is 63.4 Å². The molecule has 5 rings (SSSR count). The number of halogens is 1. The summed E-state index contributed by atoms with van der Waals surface area (Å²) in [6.07, 6.45) is 9.08. The van der Waals surface area contributed by atoms with Gasteiger partial charge in [0.1, 0.15) is 17.5 Å². The van der Waals surface area contributed by atoms with Gasteiger partial charge in [-0.1, -0.05) is 24.1 Å². The molecule has 2 atom stereocenters. The van der Waals surface area contributed by atoms with Gasteiger partial charge >= 0.3 is 5.97 Å². The molecule has 172 valence electrons. The maximum atomic E-state index is 13.6. The fourth-order valence-corrected chi connectivity index (χ4v) is 5.52. The molecule has 1 saturated carbocycles. The number of rotatable bonds is 3. The monoisotopic (exact) mass is 467 g/mol. The van der Waals surface area contributed by atoms with Crippen LogP contribution in [0.15, 0.2) is 56.7 Å². The van der Waals surface area contributed by atoms with Crippen molar-refractivity contribution in [2.24, 2.45) is 5.92 Å². The maximum absolute atomic E-state index is 13.6. The van der Waals surface area contributed by atoms with Gasteiger partial charge in [0, 0.05) is 34.3 Å². The van der Waals surface area contributed by atoms with E-state index in [9.17, 15) is 14.4 Å². The summed E-state index contributed by atoms with van der Waals surface area (Å²) in [7, 11) is 0. The van der Waals surface area contributed by atoms with Crippen LogP contribution in [-0.2, 0) is 14.3 Å². The molecule has 0 bridgehead atoms. The van der Waals surface area contributed by atoms with Gasteiger partial charge in [0.2, 0.25) is 0 Å². The first-order valence-electron chi connectivity index (χ1n) is 11.6. The topological polar surface area (TPSA) is 85.6 Å². The van der Waals surface area contributed by atoms with Crippen LogP contribution in [0.5, 0.6) is 0 Å². The Bertz CT molecular complexity index is 1250. The van der Waals surface area contributed by atoms with Gasteiger partial charge in [0.25, 0.3) is 0 Å². The van der Waals surface area contributed by atoms with E-state index in [1.165, 1.54) is 6.26 Å². The molecule has 1 aliphatic heterocycles. The summed E-state index contributed by atoms with van der Waals surface area (Å²) in [5.41, 5.74) is 2.04. The van der Waals surface area contributed by atoms with Crippen LogP contribution in [-0.4, -0.2) is 17.9 Å². The summed E-state index contributed by atoms with van der Waals surface area (Å²) in [4.78, 5) is 40.1. The highest BCUT2D eigenvalue weighted by Crippen LogP contribution is 2.43. The van der Waals surface area contributed by atoms with Crippen molar-refractivity contribution in [2.45, 2.75) is 63.9 Å². The average molecular weight is 468 g/mol. The van der Waals surface area contributed by atoms with E-state index in [0.717, 1.165) is 37.8 Å². The number of carbonyl (C=O) groups excluding carboxylic acids is 2. The van der Waals surface area contributed by atoms with Crippen molar-refractivity contribution in [1.29, 1.82) is 0 Å². The zero-order chi connectivity index (χ0) is 23.1. The Kier molecular flexibility index (Phi) is 5.87. The van der Waals surface area contributed by atoms with Crippen LogP contribution < -0.4 is 10.7 Å². The lowest BCUT2D eigenvalue weighted by molar-refractivity contribution is -0.146. The molecule has 2 heterocycles. The van der Waals surface area contributed by atoms with Gasteiger partial charge in [-0.3, -0.25) is 9.59 Å². The third-order valence-corrected chi connectivity index (χ3v) is 7.19. The summed E-state index contributed by atoms with van der Waals surface area (Å²) in [5, 5.41) is 3.98.